The van der Waals surface area contributed by atoms with Crippen molar-refractivity contribution >= 4 is 17.4 Å². The van der Waals surface area contributed by atoms with E-state index in [9.17, 15) is 18.0 Å². The van der Waals surface area contributed by atoms with Crippen molar-refractivity contribution in [2.45, 2.75) is 19.1 Å². The van der Waals surface area contributed by atoms with Gasteiger partial charge in [0.25, 0.3) is 5.91 Å². The lowest BCUT2D eigenvalue weighted by Crippen LogP contribution is -2.35. The van der Waals surface area contributed by atoms with Crippen LogP contribution in [0.5, 0.6) is 0 Å². The van der Waals surface area contributed by atoms with Gasteiger partial charge in [-0.25, -0.2) is 4.98 Å². The number of benzene rings is 2. The van der Waals surface area contributed by atoms with Crippen molar-refractivity contribution in [3.05, 3.63) is 89.1 Å². The molecular weight excluding hydrogens is 379 g/mol. The van der Waals surface area contributed by atoms with Gasteiger partial charge in [-0.2, -0.15) is 13.2 Å². The largest absolute Gasteiger partial charge is 0.416 e. The number of carbonyl (C=O) groups is 1. The van der Waals surface area contributed by atoms with Gasteiger partial charge in [0.15, 0.2) is 0 Å². The number of rotatable bonds is 3. The van der Waals surface area contributed by atoms with Crippen molar-refractivity contribution in [3.8, 4) is 0 Å². The predicted molar refractivity (Wildman–Crippen MR) is 104 cm³/mol. The molecule has 0 saturated heterocycles. The molecule has 0 unspecified atom stereocenters. The zero-order chi connectivity index (χ0) is 20.4. The Balaban J connectivity index is 1.45. The molecule has 4 rings (SSSR count). The molecular formula is C22H18F3N3O. The molecule has 4 nitrogen and oxygen atoms in total. The molecule has 3 aromatic rings. The minimum Gasteiger partial charge on any atom is -0.340 e. The van der Waals surface area contributed by atoms with E-state index in [0.717, 1.165) is 24.1 Å². The fourth-order valence-corrected chi connectivity index (χ4v) is 3.37. The van der Waals surface area contributed by atoms with E-state index in [1.807, 2.05) is 18.2 Å². The summed E-state index contributed by atoms with van der Waals surface area (Å²) in [7, 11) is 0. The van der Waals surface area contributed by atoms with Crippen LogP contribution in [-0.4, -0.2) is 22.3 Å². The summed E-state index contributed by atoms with van der Waals surface area (Å²) in [6, 6.07) is 16.2. The molecule has 1 N–H and O–H groups in total. The molecule has 0 atom stereocenters. The van der Waals surface area contributed by atoms with Gasteiger partial charge in [-0.15, -0.1) is 0 Å². The van der Waals surface area contributed by atoms with E-state index >= 15 is 0 Å². The van der Waals surface area contributed by atoms with Crippen molar-refractivity contribution in [3.63, 3.8) is 0 Å². The number of alkyl halides is 3. The van der Waals surface area contributed by atoms with Gasteiger partial charge >= 0.3 is 6.18 Å². The van der Waals surface area contributed by atoms with Crippen molar-refractivity contribution in [2.24, 2.45) is 0 Å². The second kappa shape index (κ2) is 7.58. The Bertz CT molecular complexity index is 1030. The number of nitrogens with one attached hydrogen (secondary N) is 1. The van der Waals surface area contributed by atoms with Crippen LogP contribution in [0.2, 0.25) is 0 Å². The standard InChI is InChI=1S/C22H18F3N3O/c23-22(24,25)18-6-3-7-19(12-18)27-20-9-8-16(13-26-20)21(29)28-11-10-15-4-1-2-5-17(15)14-28/h1-9,12-13H,10-11,14H2,(H,26,27). The van der Waals surface area contributed by atoms with Crippen LogP contribution in [0.1, 0.15) is 27.0 Å². The van der Waals surface area contributed by atoms with Gasteiger partial charge in [0.05, 0.1) is 11.1 Å². The first-order valence-corrected chi connectivity index (χ1v) is 9.16. The van der Waals surface area contributed by atoms with Crippen molar-refractivity contribution in [1.82, 2.24) is 9.88 Å². The topological polar surface area (TPSA) is 45.2 Å². The second-order valence-electron chi connectivity index (χ2n) is 6.88. The summed E-state index contributed by atoms with van der Waals surface area (Å²) in [6.07, 6.45) is -2.15. The van der Waals surface area contributed by atoms with Crippen LogP contribution in [-0.2, 0) is 19.1 Å². The SMILES string of the molecule is O=C(c1ccc(Nc2cccc(C(F)(F)F)c2)nc1)N1CCc2ccccc2C1. The molecule has 29 heavy (non-hydrogen) atoms. The highest BCUT2D eigenvalue weighted by atomic mass is 19.4. The van der Waals surface area contributed by atoms with Crippen LogP contribution < -0.4 is 5.32 Å². The van der Waals surface area contributed by atoms with Crippen LogP contribution >= 0.6 is 0 Å². The second-order valence-corrected chi connectivity index (χ2v) is 6.88. The number of amides is 1. The summed E-state index contributed by atoms with van der Waals surface area (Å²) in [4.78, 5) is 18.7. The molecule has 1 aliphatic rings. The molecule has 0 saturated carbocycles. The van der Waals surface area contributed by atoms with E-state index < -0.39 is 11.7 Å². The Morgan fingerprint density at radius 3 is 2.52 bits per heavy atom. The number of aromatic nitrogens is 1. The summed E-state index contributed by atoms with van der Waals surface area (Å²) >= 11 is 0. The summed E-state index contributed by atoms with van der Waals surface area (Å²) in [5.41, 5.74) is 2.39. The third-order valence-corrected chi connectivity index (χ3v) is 4.89. The van der Waals surface area contributed by atoms with E-state index in [-0.39, 0.29) is 11.6 Å². The van der Waals surface area contributed by atoms with Gasteiger partial charge in [-0.3, -0.25) is 4.79 Å². The number of anilines is 2. The van der Waals surface area contributed by atoms with E-state index in [4.69, 9.17) is 0 Å². The molecule has 1 aromatic heterocycles. The van der Waals surface area contributed by atoms with Crippen LogP contribution in [0.15, 0.2) is 66.9 Å². The monoisotopic (exact) mass is 397 g/mol. The number of hydrogen-bond acceptors (Lipinski definition) is 3. The molecule has 1 aliphatic heterocycles. The molecule has 0 spiro atoms. The zero-order valence-electron chi connectivity index (χ0n) is 15.4. The smallest absolute Gasteiger partial charge is 0.340 e. The molecule has 0 aliphatic carbocycles. The van der Waals surface area contributed by atoms with Crippen molar-refractivity contribution < 1.29 is 18.0 Å². The number of halogens is 3. The highest BCUT2D eigenvalue weighted by molar-refractivity contribution is 5.94. The first-order valence-electron chi connectivity index (χ1n) is 9.16. The minimum atomic E-state index is -4.41. The number of hydrogen-bond donors (Lipinski definition) is 1. The maximum Gasteiger partial charge on any atom is 0.416 e. The highest BCUT2D eigenvalue weighted by Crippen LogP contribution is 2.31. The summed E-state index contributed by atoms with van der Waals surface area (Å²) < 4.78 is 38.5. The first-order chi connectivity index (χ1) is 13.9. The van der Waals surface area contributed by atoms with Gasteiger partial charge in [-0.1, -0.05) is 30.3 Å². The van der Waals surface area contributed by atoms with Crippen LogP contribution in [0.25, 0.3) is 0 Å². The molecule has 1 amide bonds. The quantitative estimate of drug-likeness (QED) is 0.673. The molecule has 0 fully saturated rings. The fraction of sp³-hybridized carbons (Fsp3) is 0.182. The highest BCUT2D eigenvalue weighted by Gasteiger charge is 2.30. The molecule has 148 valence electrons. The Labute approximate surface area is 166 Å². The van der Waals surface area contributed by atoms with Gasteiger partial charge in [0, 0.05) is 25.0 Å². The molecule has 7 heteroatoms. The Kier molecular flexibility index (Phi) is 4.96. The number of carbonyl (C=O) groups excluding carboxylic acids is 1. The summed E-state index contributed by atoms with van der Waals surface area (Å²) in [5.74, 6) is 0.252. The maximum absolute atomic E-state index is 12.8. The number of pyridine rings is 1. The zero-order valence-corrected chi connectivity index (χ0v) is 15.4. The van der Waals surface area contributed by atoms with E-state index in [1.165, 1.54) is 23.9 Å². The van der Waals surface area contributed by atoms with Gasteiger partial charge in [0.2, 0.25) is 0 Å². The lowest BCUT2D eigenvalue weighted by atomic mass is 9.99. The predicted octanol–water partition coefficient (Wildman–Crippen LogP) is 5.04. The average molecular weight is 397 g/mol. The van der Waals surface area contributed by atoms with Gasteiger partial charge in [0.1, 0.15) is 5.82 Å². The molecule has 2 heterocycles. The third-order valence-electron chi connectivity index (χ3n) is 4.89. The van der Waals surface area contributed by atoms with E-state index in [0.29, 0.717) is 24.5 Å². The lowest BCUT2D eigenvalue weighted by molar-refractivity contribution is -0.137. The van der Waals surface area contributed by atoms with Crippen molar-refractivity contribution in [2.75, 3.05) is 11.9 Å². The van der Waals surface area contributed by atoms with Crippen LogP contribution in [0.4, 0.5) is 24.7 Å². The van der Waals surface area contributed by atoms with Gasteiger partial charge in [-0.05, 0) is 47.9 Å². The normalized spacial score (nSPS) is 13.7. The summed E-state index contributed by atoms with van der Waals surface area (Å²) in [6.45, 7) is 1.19. The average Bonchev–Trinajstić information content (AvgIpc) is 2.73. The maximum atomic E-state index is 12.8. The van der Waals surface area contributed by atoms with Crippen molar-refractivity contribution in [1.29, 1.82) is 0 Å². The molecule has 2 aromatic carbocycles. The third kappa shape index (κ3) is 4.23. The Morgan fingerprint density at radius 1 is 1.00 bits per heavy atom. The lowest BCUT2D eigenvalue weighted by Gasteiger charge is -2.28. The van der Waals surface area contributed by atoms with Crippen LogP contribution in [0, 0.1) is 0 Å². The van der Waals surface area contributed by atoms with Gasteiger partial charge < -0.3 is 10.2 Å². The molecule has 0 bridgehead atoms. The fourth-order valence-electron chi connectivity index (χ4n) is 3.37. The Morgan fingerprint density at radius 2 is 1.79 bits per heavy atom. The molecule has 0 radical (unpaired) electrons. The van der Waals surface area contributed by atoms with E-state index in [1.54, 1.807) is 17.0 Å². The minimum absolute atomic E-state index is 0.113. The van der Waals surface area contributed by atoms with Crippen LogP contribution in [0.3, 0.4) is 0 Å². The number of fused-ring (bicyclic) bond motifs is 1. The van der Waals surface area contributed by atoms with E-state index in [2.05, 4.69) is 16.4 Å². The first kappa shape index (κ1) is 19.0. The Hall–Kier alpha value is -3.35. The number of nitrogens with zero attached hydrogens (tertiary/aromatic N) is 2. The summed E-state index contributed by atoms with van der Waals surface area (Å²) in [5, 5.41) is 2.84.